The van der Waals surface area contributed by atoms with Gasteiger partial charge in [-0.05, 0) is 55.0 Å². The van der Waals surface area contributed by atoms with Crippen molar-refractivity contribution in [2.45, 2.75) is 114 Å². The van der Waals surface area contributed by atoms with Crippen molar-refractivity contribution in [3.8, 4) is 45.6 Å². The molecule has 3 aromatic heterocycles. The highest BCUT2D eigenvalue weighted by molar-refractivity contribution is 7.99. The first-order valence-electron chi connectivity index (χ1n) is 23.6. The van der Waals surface area contributed by atoms with Crippen LogP contribution in [0.2, 0.25) is 20.1 Å². The molecule has 5 aromatic carbocycles. The number of aromatic nitrogens is 8. The van der Waals surface area contributed by atoms with Gasteiger partial charge in [-0.3, -0.25) is 0 Å². The molecule has 2 aliphatic rings. The van der Waals surface area contributed by atoms with Crippen molar-refractivity contribution in [1.82, 2.24) is 39.9 Å². The van der Waals surface area contributed by atoms with E-state index in [9.17, 15) is 0 Å². The van der Waals surface area contributed by atoms with Gasteiger partial charge in [0.1, 0.15) is 22.6 Å². The number of rotatable bonds is 16. The van der Waals surface area contributed by atoms with Gasteiger partial charge in [-0.15, -0.1) is 0 Å². The third-order valence-electron chi connectivity index (χ3n) is 12.8. The van der Waals surface area contributed by atoms with E-state index in [4.69, 9.17) is 76.3 Å². The molecule has 5 heterocycles. The van der Waals surface area contributed by atoms with Crippen LogP contribution < -0.4 is 0 Å². The molecule has 0 atom stereocenters. The Morgan fingerprint density at radius 1 is 0.448 bits per heavy atom. The summed E-state index contributed by atoms with van der Waals surface area (Å²) in [6.45, 7) is 4.53. The van der Waals surface area contributed by atoms with E-state index in [1.54, 1.807) is 11.8 Å². The lowest BCUT2D eigenvalue weighted by Crippen LogP contribution is -2.02. The molecule has 0 saturated carbocycles. The topological polar surface area (TPSA) is 109 Å². The van der Waals surface area contributed by atoms with E-state index in [1.165, 1.54) is 68.9 Å². The molecule has 8 bridgehead atoms. The molecule has 2 N–H and O–H groups in total. The molecule has 13 heteroatoms. The molecular formula is C54H50Cl4N8S. The van der Waals surface area contributed by atoms with Gasteiger partial charge in [-0.1, -0.05) is 203 Å². The van der Waals surface area contributed by atoms with Crippen molar-refractivity contribution in [3.05, 3.63) is 116 Å². The van der Waals surface area contributed by atoms with Crippen LogP contribution in [0.25, 0.3) is 89.7 Å². The van der Waals surface area contributed by atoms with E-state index in [2.05, 4.69) is 72.3 Å². The fourth-order valence-corrected chi connectivity index (χ4v) is 11.6. The van der Waals surface area contributed by atoms with Gasteiger partial charge in [-0.25, -0.2) is 29.9 Å². The highest BCUT2D eigenvalue weighted by Gasteiger charge is 2.30. The van der Waals surface area contributed by atoms with Crippen LogP contribution >= 0.6 is 58.2 Å². The monoisotopic (exact) mass is 982 g/mol. The summed E-state index contributed by atoms with van der Waals surface area (Å²) in [6.07, 6.45) is 16.8. The van der Waals surface area contributed by atoms with E-state index in [-0.39, 0.29) is 20.1 Å². The van der Waals surface area contributed by atoms with Gasteiger partial charge >= 0.3 is 0 Å². The third kappa shape index (κ3) is 9.06. The molecule has 67 heavy (non-hydrogen) atoms. The Balaban J connectivity index is 1.24. The minimum absolute atomic E-state index is 0.119. The minimum Gasteiger partial charge on any atom is -0.324 e. The molecule has 340 valence electrons. The lowest BCUT2D eigenvalue weighted by molar-refractivity contribution is 0.556. The van der Waals surface area contributed by atoms with Crippen molar-refractivity contribution in [1.29, 1.82) is 0 Å². The lowest BCUT2D eigenvalue weighted by Gasteiger charge is -2.19. The van der Waals surface area contributed by atoms with E-state index in [1.807, 2.05) is 36.4 Å². The average Bonchev–Trinajstić information content (AvgIpc) is 4.09. The molecule has 0 saturated heterocycles. The largest absolute Gasteiger partial charge is 0.324 e. The van der Waals surface area contributed by atoms with Gasteiger partial charge in [0, 0.05) is 42.8 Å². The molecule has 0 amide bonds. The number of hydrogen-bond donors (Lipinski definition) is 2. The minimum atomic E-state index is 0.119. The van der Waals surface area contributed by atoms with E-state index in [0.717, 1.165) is 74.9 Å². The summed E-state index contributed by atoms with van der Waals surface area (Å²) in [6, 6.07) is 28.9. The number of H-pyrrole nitrogens is 2. The summed E-state index contributed by atoms with van der Waals surface area (Å²) in [7, 11) is 0. The maximum atomic E-state index is 7.16. The summed E-state index contributed by atoms with van der Waals surface area (Å²) < 4.78 is 0. The zero-order valence-electron chi connectivity index (χ0n) is 37.6. The lowest BCUT2D eigenvalue weighted by atomic mass is 9.92. The predicted molar refractivity (Wildman–Crippen MR) is 281 cm³/mol. The van der Waals surface area contributed by atoms with Crippen LogP contribution in [-0.2, 0) is 12.8 Å². The molecule has 2 aliphatic heterocycles. The van der Waals surface area contributed by atoms with Crippen LogP contribution in [0.5, 0.6) is 0 Å². The Morgan fingerprint density at radius 2 is 0.925 bits per heavy atom. The van der Waals surface area contributed by atoms with Crippen molar-refractivity contribution < 1.29 is 0 Å². The second-order valence-electron chi connectivity index (χ2n) is 17.4. The smallest absolute Gasteiger partial charge is 0.165 e. The van der Waals surface area contributed by atoms with Gasteiger partial charge in [0.2, 0.25) is 0 Å². The van der Waals surface area contributed by atoms with Crippen LogP contribution in [-0.4, -0.2) is 39.9 Å². The number of hydrogen-bond acceptors (Lipinski definition) is 7. The summed E-state index contributed by atoms with van der Waals surface area (Å²) in [5.74, 6) is 1.97. The van der Waals surface area contributed by atoms with Crippen LogP contribution in [0.4, 0.5) is 0 Å². The SMILES string of the molecule is CCCCCCCCCCCCc1cc2c(c(Sc3ccccc3)c1CCCC)-c1nc-2nc2[nH]c(nc3nc(nc4[nH]c(n1)c1c(Cl)c(Cl)c(Cl)c(Cl)c41)-c1ccccc1-3)c1ccccc21. The number of benzene rings is 5. The Bertz CT molecular complexity index is 3330. The average molecular weight is 985 g/mol. The quantitative estimate of drug-likeness (QED) is 0.0564. The molecule has 0 fully saturated rings. The van der Waals surface area contributed by atoms with Crippen LogP contribution in [0.1, 0.15) is 102 Å². The summed E-state index contributed by atoms with van der Waals surface area (Å²) in [4.78, 5) is 40.8. The van der Waals surface area contributed by atoms with Crippen molar-refractivity contribution in [2.75, 3.05) is 0 Å². The van der Waals surface area contributed by atoms with Crippen LogP contribution in [0.3, 0.4) is 0 Å². The first-order chi connectivity index (χ1) is 32.8. The molecule has 8 aromatic rings. The van der Waals surface area contributed by atoms with Gasteiger partial charge in [0.05, 0.1) is 30.9 Å². The second kappa shape index (κ2) is 20.3. The fourth-order valence-electron chi connectivity index (χ4n) is 9.39. The first kappa shape index (κ1) is 45.7. The van der Waals surface area contributed by atoms with Crippen molar-refractivity contribution in [2.24, 2.45) is 0 Å². The molecule has 0 radical (unpaired) electrons. The number of nitrogens with zero attached hydrogens (tertiary/aromatic N) is 6. The Morgan fingerprint density at radius 3 is 1.52 bits per heavy atom. The van der Waals surface area contributed by atoms with Crippen LogP contribution in [0, 0.1) is 0 Å². The number of halogens is 4. The molecule has 0 unspecified atom stereocenters. The molecule has 10 rings (SSSR count). The van der Waals surface area contributed by atoms with Gasteiger partial charge in [-0.2, -0.15) is 0 Å². The molecule has 0 spiro atoms. The Kier molecular flexibility index (Phi) is 13.8. The normalized spacial score (nSPS) is 12.0. The number of nitrogens with one attached hydrogen (secondary N) is 2. The summed E-state index contributed by atoms with van der Waals surface area (Å²) in [5, 5.41) is 3.40. The van der Waals surface area contributed by atoms with Gasteiger partial charge < -0.3 is 9.97 Å². The highest BCUT2D eigenvalue weighted by Crippen LogP contribution is 2.49. The van der Waals surface area contributed by atoms with Crippen molar-refractivity contribution >= 4 is 102 Å². The Labute approximate surface area is 414 Å². The van der Waals surface area contributed by atoms with Gasteiger partial charge in [0.25, 0.3) is 0 Å². The van der Waals surface area contributed by atoms with Crippen molar-refractivity contribution in [3.63, 3.8) is 0 Å². The standard InChI is InChI=1S/C54H50Cl4N8S/c1-3-5-7-8-9-10-11-12-13-15-22-31-30-38-39(46(33(31)25-6-4-2)67-32-23-16-14-17-24-32)52-64-51(38)62-49-35-27-19-18-26-34(35)47(60-49)59-48-36-28-20-21-29-37(36)50(61-48)63-53-40-41(54(65-52)66-53)43(56)45(58)44(57)42(40)55/h14,16-21,23-24,26-30H,3-13,15,22,25H2,1-2H3,(H2,59,60,61,62,63,64,65,66). The fraction of sp³-hybridized carbons (Fsp3) is 0.296. The van der Waals surface area contributed by atoms with E-state index < -0.39 is 0 Å². The number of aromatic amines is 2. The van der Waals surface area contributed by atoms with E-state index in [0.29, 0.717) is 56.7 Å². The van der Waals surface area contributed by atoms with E-state index >= 15 is 0 Å². The van der Waals surface area contributed by atoms with Gasteiger partial charge in [0.15, 0.2) is 23.3 Å². The number of unbranched alkanes of at least 4 members (excludes halogenated alkanes) is 10. The molecule has 8 nitrogen and oxygen atoms in total. The summed E-state index contributed by atoms with van der Waals surface area (Å²) >= 11 is 29.6. The highest BCUT2D eigenvalue weighted by atomic mass is 35.5. The summed E-state index contributed by atoms with van der Waals surface area (Å²) in [5.41, 5.74) is 8.15. The number of fused-ring (bicyclic) bond motifs is 20. The molecular weight excluding hydrogens is 935 g/mol. The van der Waals surface area contributed by atoms with Crippen LogP contribution in [0.15, 0.2) is 94.7 Å². The second-order valence-corrected chi connectivity index (χ2v) is 20.0. The zero-order chi connectivity index (χ0) is 46.0. The first-order valence-corrected chi connectivity index (χ1v) is 25.9. The predicted octanol–water partition coefficient (Wildman–Crippen LogP) is 17.4. The zero-order valence-corrected chi connectivity index (χ0v) is 41.4. The Hall–Kier alpha value is -5.03. The number of aryl methyl sites for hydroxylation is 1. The maximum Gasteiger partial charge on any atom is 0.165 e. The molecule has 0 aliphatic carbocycles. The third-order valence-corrected chi connectivity index (χ3v) is 15.8. The maximum absolute atomic E-state index is 7.16.